The quantitative estimate of drug-likeness (QED) is 0.639. The average Bonchev–Trinajstić information content (AvgIpc) is 2.87. The van der Waals surface area contributed by atoms with Crippen molar-refractivity contribution in [3.63, 3.8) is 0 Å². The first-order chi connectivity index (χ1) is 10.0. The van der Waals surface area contributed by atoms with Gasteiger partial charge in [0.25, 0.3) is 5.91 Å². The monoisotopic (exact) mass is 311 g/mol. The molecule has 2 amide bonds. The highest BCUT2D eigenvalue weighted by Gasteiger charge is 2.32. The fourth-order valence-corrected chi connectivity index (χ4v) is 2.78. The first-order valence-electron chi connectivity index (χ1n) is 6.68. The van der Waals surface area contributed by atoms with Crippen molar-refractivity contribution in [3.05, 3.63) is 11.1 Å². The molecule has 1 aromatic rings. The second-order valence-electron chi connectivity index (χ2n) is 4.65. The van der Waals surface area contributed by atoms with Gasteiger partial charge >= 0.3 is 5.97 Å². The highest BCUT2D eigenvalue weighted by Crippen LogP contribution is 2.21. The lowest BCUT2D eigenvalue weighted by Gasteiger charge is -2.27. The second-order valence-corrected chi connectivity index (χ2v) is 5.51. The summed E-state index contributed by atoms with van der Waals surface area (Å²) in [5, 5.41) is 5.34. The number of anilines is 1. The van der Waals surface area contributed by atoms with Gasteiger partial charge in [-0.2, -0.15) is 0 Å². The van der Waals surface area contributed by atoms with Crippen LogP contribution in [-0.4, -0.2) is 47.4 Å². The lowest BCUT2D eigenvalue weighted by atomic mass is 10.1. The van der Waals surface area contributed by atoms with E-state index in [0.717, 1.165) is 4.90 Å². The van der Waals surface area contributed by atoms with E-state index in [-0.39, 0.29) is 24.2 Å². The fraction of sp³-hybridized carbons (Fsp3) is 0.538. The third kappa shape index (κ3) is 3.78. The number of nitrogens with one attached hydrogen (secondary N) is 1. The summed E-state index contributed by atoms with van der Waals surface area (Å²) < 4.78 is 4.85. The molecular weight excluding hydrogens is 294 g/mol. The number of rotatable bonds is 5. The summed E-state index contributed by atoms with van der Waals surface area (Å²) in [7, 11) is 1.48. The Morgan fingerprint density at radius 3 is 3.05 bits per heavy atom. The normalized spacial score (nSPS) is 18.8. The zero-order chi connectivity index (χ0) is 15.4. The van der Waals surface area contributed by atoms with E-state index in [1.807, 2.05) is 0 Å². The molecule has 0 aromatic carbocycles. The lowest BCUT2D eigenvalue weighted by Crippen LogP contribution is -2.48. The highest BCUT2D eigenvalue weighted by molar-refractivity contribution is 7.13. The van der Waals surface area contributed by atoms with Gasteiger partial charge in [-0.15, -0.1) is 11.3 Å². The molecule has 2 rings (SSSR count). The minimum absolute atomic E-state index is 0.114. The number of likely N-dealkylation sites (N-methyl/N-ethyl adjacent to an activating group) is 1. The first kappa shape index (κ1) is 15.4. The largest absolute Gasteiger partial charge is 0.466 e. The molecule has 2 heterocycles. The molecule has 1 aliphatic heterocycles. The topological polar surface area (TPSA) is 88.6 Å². The molecule has 7 nitrogen and oxygen atoms in total. The number of likely N-dealkylation sites (tertiary alicyclic amines) is 1. The van der Waals surface area contributed by atoms with Crippen LogP contribution in [0.5, 0.6) is 0 Å². The van der Waals surface area contributed by atoms with Crippen LogP contribution in [0.1, 0.15) is 25.5 Å². The summed E-state index contributed by atoms with van der Waals surface area (Å²) in [5.41, 5.74) is 0.605. The molecule has 114 valence electrons. The molecule has 21 heavy (non-hydrogen) atoms. The second kappa shape index (κ2) is 6.66. The van der Waals surface area contributed by atoms with Crippen LogP contribution in [0.3, 0.4) is 0 Å². The van der Waals surface area contributed by atoms with Crippen LogP contribution in [0.4, 0.5) is 5.13 Å². The van der Waals surface area contributed by atoms with Crippen LogP contribution in [0.2, 0.25) is 0 Å². The highest BCUT2D eigenvalue weighted by atomic mass is 32.1. The smallest absolute Gasteiger partial charge is 0.311 e. The number of amides is 2. The molecule has 1 atom stereocenters. The predicted molar refractivity (Wildman–Crippen MR) is 76.9 cm³/mol. The van der Waals surface area contributed by atoms with Crippen LogP contribution >= 0.6 is 11.3 Å². The number of piperidine rings is 1. The minimum Gasteiger partial charge on any atom is -0.466 e. The van der Waals surface area contributed by atoms with Gasteiger partial charge in [0.15, 0.2) is 5.13 Å². The molecule has 1 fully saturated rings. The number of esters is 1. The third-order valence-corrected chi connectivity index (χ3v) is 3.95. The minimum atomic E-state index is -0.450. The van der Waals surface area contributed by atoms with Crippen molar-refractivity contribution < 1.29 is 19.1 Å². The van der Waals surface area contributed by atoms with Crippen LogP contribution in [-0.2, 0) is 25.5 Å². The van der Waals surface area contributed by atoms with E-state index >= 15 is 0 Å². The number of aromatic nitrogens is 1. The van der Waals surface area contributed by atoms with Gasteiger partial charge in [-0.25, -0.2) is 4.98 Å². The maximum Gasteiger partial charge on any atom is 0.311 e. The van der Waals surface area contributed by atoms with Crippen molar-refractivity contribution in [1.82, 2.24) is 9.88 Å². The van der Waals surface area contributed by atoms with Gasteiger partial charge in [0.2, 0.25) is 5.91 Å². The number of nitrogens with zero attached hydrogens (tertiary/aromatic N) is 2. The van der Waals surface area contributed by atoms with E-state index in [2.05, 4.69) is 10.3 Å². The molecule has 1 aliphatic rings. The Morgan fingerprint density at radius 2 is 2.33 bits per heavy atom. The van der Waals surface area contributed by atoms with E-state index in [0.29, 0.717) is 30.3 Å². The Labute approximate surface area is 126 Å². The maximum atomic E-state index is 12.0. The average molecular weight is 311 g/mol. The molecule has 0 bridgehead atoms. The third-order valence-electron chi connectivity index (χ3n) is 3.13. The first-order valence-corrected chi connectivity index (χ1v) is 7.56. The zero-order valence-corrected chi connectivity index (χ0v) is 12.7. The number of hydrogen-bond acceptors (Lipinski definition) is 7. The summed E-state index contributed by atoms with van der Waals surface area (Å²) in [6.07, 6.45) is 0.902. The van der Waals surface area contributed by atoms with Crippen LogP contribution in [0, 0.1) is 0 Å². The molecule has 1 N–H and O–H groups in total. The van der Waals surface area contributed by atoms with Crippen LogP contribution in [0.15, 0.2) is 5.38 Å². The van der Waals surface area contributed by atoms with Gasteiger partial charge in [-0.05, 0) is 13.3 Å². The molecule has 8 heteroatoms. The predicted octanol–water partition coefficient (Wildman–Crippen LogP) is 0.808. The Morgan fingerprint density at radius 1 is 1.57 bits per heavy atom. The number of hydrogen-bond donors (Lipinski definition) is 1. The maximum absolute atomic E-state index is 12.0. The molecule has 0 saturated carbocycles. The molecule has 1 aromatic heterocycles. The van der Waals surface area contributed by atoms with E-state index in [4.69, 9.17) is 4.74 Å². The van der Waals surface area contributed by atoms with Gasteiger partial charge in [0, 0.05) is 18.8 Å². The van der Waals surface area contributed by atoms with Crippen molar-refractivity contribution in [3.8, 4) is 0 Å². The number of imide groups is 1. The van der Waals surface area contributed by atoms with E-state index in [9.17, 15) is 14.4 Å². The number of carbonyl (C=O) groups excluding carboxylic acids is 3. The zero-order valence-electron chi connectivity index (χ0n) is 11.9. The van der Waals surface area contributed by atoms with Gasteiger partial charge in [0.1, 0.15) is 6.04 Å². The number of thiazole rings is 1. The summed E-state index contributed by atoms with van der Waals surface area (Å²) >= 11 is 1.32. The van der Waals surface area contributed by atoms with Crippen molar-refractivity contribution in [1.29, 1.82) is 0 Å². The van der Waals surface area contributed by atoms with Gasteiger partial charge in [0.05, 0.1) is 18.7 Å². The van der Waals surface area contributed by atoms with Gasteiger partial charge in [-0.3, -0.25) is 19.3 Å². The summed E-state index contributed by atoms with van der Waals surface area (Å²) in [5.74, 6) is -0.748. The van der Waals surface area contributed by atoms with Gasteiger partial charge < -0.3 is 10.1 Å². The lowest BCUT2D eigenvalue weighted by molar-refractivity contribution is -0.147. The molecule has 1 saturated heterocycles. The van der Waals surface area contributed by atoms with Gasteiger partial charge in [-0.1, -0.05) is 0 Å². The van der Waals surface area contributed by atoms with E-state index in [1.54, 1.807) is 12.3 Å². The Hall–Kier alpha value is -1.96. The fourth-order valence-electron chi connectivity index (χ4n) is 2.01. The van der Waals surface area contributed by atoms with E-state index < -0.39 is 6.04 Å². The van der Waals surface area contributed by atoms with Crippen molar-refractivity contribution >= 4 is 34.3 Å². The van der Waals surface area contributed by atoms with Crippen LogP contribution in [0.25, 0.3) is 0 Å². The molecular formula is C13H17N3O4S. The molecule has 0 aliphatic carbocycles. The molecule has 0 spiro atoms. The Bertz CT molecular complexity index is 557. The summed E-state index contributed by atoms with van der Waals surface area (Å²) in [6.45, 7) is 2.09. The molecule has 0 radical (unpaired) electrons. The Kier molecular flexibility index (Phi) is 4.89. The number of carbonyl (C=O) groups is 3. The molecule has 1 unspecified atom stereocenters. The standard InChI is InChI=1S/C13H17N3O4S/c1-3-20-11(18)6-8-7-21-13(14-8)15-9-4-5-10(17)16(2)12(9)19/h7,9H,3-6H2,1-2H3,(H,14,15). The van der Waals surface area contributed by atoms with Crippen molar-refractivity contribution in [2.24, 2.45) is 0 Å². The van der Waals surface area contributed by atoms with E-state index in [1.165, 1.54) is 18.4 Å². The van der Waals surface area contributed by atoms with Crippen molar-refractivity contribution in [2.45, 2.75) is 32.2 Å². The summed E-state index contributed by atoms with van der Waals surface area (Å²) in [4.78, 5) is 40.1. The SMILES string of the molecule is CCOC(=O)Cc1csc(NC2CCC(=O)N(C)C2=O)n1. The van der Waals surface area contributed by atoms with Crippen molar-refractivity contribution in [2.75, 3.05) is 19.0 Å². The summed E-state index contributed by atoms with van der Waals surface area (Å²) in [6, 6.07) is -0.450. The van der Waals surface area contributed by atoms with Crippen LogP contribution < -0.4 is 5.32 Å². The Balaban J connectivity index is 1.95. The number of ether oxygens (including phenoxy) is 1.